The van der Waals surface area contributed by atoms with E-state index in [2.05, 4.69) is 13.8 Å². The van der Waals surface area contributed by atoms with Gasteiger partial charge in [-0.2, -0.15) is 0 Å². The molecule has 0 bridgehead atoms. The molecule has 0 aromatic heterocycles. The summed E-state index contributed by atoms with van der Waals surface area (Å²) in [6.45, 7) is 6.65. The van der Waals surface area contributed by atoms with E-state index in [1.54, 1.807) is 13.2 Å². The second-order valence-electron chi connectivity index (χ2n) is 6.32. The van der Waals surface area contributed by atoms with Crippen LogP contribution in [0, 0.1) is 12.8 Å². The first kappa shape index (κ1) is 18.0. The van der Waals surface area contributed by atoms with E-state index in [0.717, 1.165) is 22.4 Å². The van der Waals surface area contributed by atoms with Gasteiger partial charge in [0.2, 0.25) is 5.91 Å². The van der Waals surface area contributed by atoms with Crippen molar-refractivity contribution in [1.29, 1.82) is 0 Å². The number of nitrogens with two attached hydrogens (primary N) is 1. The highest BCUT2D eigenvalue weighted by atomic mass is 16.5. The second-order valence-corrected chi connectivity index (χ2v) is 6.32. The zero-order valence-electron chi connectivity index (χ0n) is 14.7. The fourth-order valence-corrected chi connectivity index (χ4v) is 2.70. The fourth-order valence-electron chi connectivity index (χ4n) is 2.70. The van der Waals surface area contributed by atoms with Crippen molar-refractivity contribution in [2.75, 3.05) is 7.11 Å². The molecule has 0 aliphatic carbocycles. The Morgan fingerprint density at radius 1 is 1.12 bits per heavy atom. The summed E-state index contributed by atoms with van der Waals surface area (Å²) in [6.07, 6.45) is -0.106. The summed E-state index contributed by atoms with van der Waals surface area (Å²) < 4.78 is 11.3. The molecule has 0 saturated carbocycles. The van der Waals surface area contributed by atoms with Crippen molar-refractivity contribution >= 4 is 5.91 Å². The fraction of sp³-hybridized carbons (Fsp3) is 0.350. The summed E-state index contributed by atoms with van der Waals surface area (Å²) in [4.78, 5) is 11.5. The molecule has 1 unspecified atom stereocenters. The molecule has 128 valence electrons. The van der Waals surface area contributed by atoms with Gasteiger partial charge in [-0.05, 0) is 53.8 Å². The highest BCUT2D eigenvalue weighted by Crippen LogP contribution is 2.29. The Balaban J connectivity index is 2.18. The molecule has 4 heteroatoms. The van der Waals surface area contributed by atoms with Crippen molar-refractivity contribution in [3.05, 3.63) is 64.7 Å². The van der Waals surface area contributed by atoms with Gasteiger partial charge in [0.15, 0.2) is 0 Å². The van der Waals surface area contributed by atoms with Crippen LogP contribution in [-0.2, 0) is 11.3 Å². The molecule has 2 aromatic rings. The molecular weight excluding hydrogens is 302 g/mol. The van der Waals surface area contributed by atoms with Crippen LogP contribution >= 0.6 is 0 Å². The van der Waals surface area contributed by atoms with Crippen molar-refractivity contribution in [1.82, 2.24) is 0 Å². The minimum absolute atomic E-state index is 0.106. The van der Waals surface area contributed by atoms with Gasteiger partial charge in [-0.25, -0.2) is 0 Å². The van der Waals surface area contributed by atoms with Gasteiger partial charge in [0.25, 0.3) is 0 Å². The first-order valence-electron chi connectivity index (χ1n) is 8.06. The normalized spacial score (nSPS) is 12.2. The van der Waals surface area contributed by atoms with Crippen molar-refractivity contribution in [3.63, 3.8) is 0 Å². The zero-order chi connectivity index (χ0) is 17.7. The number of methoxy groups -OCH3 is 1. The van der Waals surface area contributed by atoms with E-state index in [1.807, 2.05) is 43.3 Å². The molecule has 0 radical (unpaired) electrons. The van der Waals surface area contributed by atoms with Gasteiger partial charge in [0, 0.05) is 5.56 Å². The Hall–Kier alpha value is -2.33. The van der Waals surface area contributed by atoms with E-state index in [0.29, 0.717) is 12.2 Å². The predicted molar refractivity (Wildman–Crippen MR) is 95.1 cm³/mol. The zero-order valence-corrected chi connectivity index (χ0v) is 14.7. The summed E-state index contributed by atoms with van der Waals surface area (Å²) in [7, 11) is 1.65. The largest absolute Gasteiger partial charge is 0.497 e. The third-order valence-electron chi connectivity index (χ3n) is 3.91. The van der Waals surface area contributed by atoms with Crippen LogP contribution in [0.4, 0.5) is 0 Å². The molecular formula is C20H25NO3. The summed E-state index contributed by atoms with van der Waals surface area (Å²) in [6, 6.07) is 13.5. The lowest BCUT2D eigenvalue weighted by atomic mass is 9.95. The van der Waals surface area contributed by atoms with Crippen LogP contribution in [-0.4, -0.2) is 13.0 Å². The first-order valence-corrected chi connectivity index (χ1v) is 8.06. The van der Waals surface area contributed by atoms with E-state index in [9.17, 15) is 4.79 Å². The number of hydrogen-bond donors (Lipinski definition) is 1. The number of rotatable bonds is 7. The Labute approximate surface area is 143 Å². The average Bonchev–Trinajstić information content (AvgIpc) is 2.54. The Kier molecular flexibility index (Phi) is 5.99. The lowest BCUT2D eigenvalue weighted by Gasteiger charge is -2.23. The quantitative estimate of drug-likeness (QED) is 0.835. The third-order valence-corrected chi connectivity index (χ3v) is 3.91. The van der Waals surface area contributed by atoms with Gasteiger partial charge < -0.3 is 15.2 Å². The number of aryl methyl sites for hydroxylation is 1. The van der Waals surface area contributed by atoms with Crippen LogP contribution in [0.1, 0.15) is 47.0 Å². The smallest absolute Gasteiger partial charge is 0.248 e. The van der Waals surface area contributed by atoms with Crippen molar-refractivity contribution in [3.8, 4) is 5.75 Å². The van der Waals surface area contributed by atoms with Gasteiger partial charge in [-0.3, -0.25) is 4.79 Å². The maximum absolute atomic E-state index is 11.5. The van der Waals surface area contributed by atoms with Crippen LogP contribution in [0.2, 0.25) is 0 Å². The van der Waals surface area contributed by atoms with Crippen LogP contribution in [0.5, 0.6) is 5.75 Å². The minimum atomic E-state index is -0.419. The van der Waals surface area contributed by atoms with Gasteiger partial charge in [-0.1, -0.05) is 32.0 Å². The maximum Gasteiger partial charge on any atom is 0.248 e. The Morgan fingerprint density at radius 3 is 2.33 bits per heavy atom. The lowest BCUT2D eigenvalue weighted by molar-refractivity contribution is 0.00892. The molecule has 0 heterocycles. The number of primary amides is 1. The molecule has 4 nitrogen and oxygen atoms in total. The van der Waals surface area contributed by atoms with Gasteiger partial charge in [0.05, 0.1) is 19.8 Å². The minimum Gasteiger partial charge on any atom is -0.497 e. The van der Waals surface area contributed by atoms with E-state index in [4.69, 9.17) is 15.2 Å². The number of ether oxygens (including phenoxy) is 2. The van der Waals surface area contributed by atoms with E-state index in [1.165, 1.54) is 0 Å². The molecule has 2 rings (SSSR count). The molecule has 1 atom stereocenters. The highest BCUT2D eigenvalue weighted by molar-refractivity contribution is 5.93. The molecule has 2 aromatic carbocycles. The van der Waals surface area contributed by atoms with E-state index in [-0.39, 0.29) is 12.0 Å². The van der Waals surface area contributed by atoms with Gasteiger partial charge in [-0.15, -0.1) is 0 Å². The monoisotopic (exact) mass is 327 g/mol. The molecule has 24 heavy (non-hydrogen) atoms. The molecule has 1 amide bonds. The maximum atomic E-state index is 11.5. The second kappa shape index (κ2) is 7.97. The molecule has 0 fully saturated rings. The van der Waals surface area contributed by atoms with Crippen LogP contribution in [0.25, 0.3) is 0 Å². The number of hydrogen-bond acceptors (Lipinski definition) is 3. The Bertz CT molecular complexity index is 693. The summed E-state index contributed by atoms with van der Waals surface area (Å²) in [5.41, 5.74) is 9.00. The van der Waals surface area contributed by atoms with Crippen LogP contribution in [0.15, 0.2) is 42.5 Å². The number of carbonyl (C=O) groups excluding carboxylic acids is 1. The highest BCUT2D eigenvalue weighted by Gasteiger charge is 2.18. The summed E-state index contributed by atoms with van der Waals surface area (Å²) >= 11 is 0. The number of amides is 1. The Morgan fingerprint density at radius 2 is 1.79 bits per heavy atom. The molecule has 0 saturated heterocycles. The van der Waals surface area contributed by atoms with Crippen LogP contribution < -0.4 is 10.5 Å². The third kappa shape index (κ3) is 4.59. The molecule has 0 aliphatic rings. The lowest BCUT2D eigenvalue weighted by Crippen LogP contribution is -2.15. The van der Waals surface area contributed by atoms with Crippen molar-refractivity contribution < 1.29 is 14.3 Å². The van der Waals surface area contributed by atoms with Gasteiger partial charge in [0.1, 0.15) is 5.75 Å². The standard InChI is InChI=1S/C20H25NO3/c1-13(2)19(16-9-14(3)10-17(11-16)20(21)22)24-12-15-5-7-18(23-4)8-6-15/h5-11,13,19H,12H2,1-4H3,(H2,21,22). The van der Waals surface area contributed by atoms with Crippen molar-refractivity contribution in [2.24, 2.45) is 11.7 Å². The first-order chi connectivity index (χ1) is 11.4. The molecule has 2 N–H and O–H groups in total. The SMILES string of the molecule is COc1ccc(COC(c2cc(C)cc(C(N)=O)c2)C(C)C)cc1. The van der Waals surface area contributed by atoms with E-state index < -0.39 is 5.91 Å². The van der Waals surface area contributed by atoms with Crippen LogP contribution in [0.3, 0.4) is 0 Å². The summed E-state index contributed by atoms with van der Waals surface area (Å²) in [5, 5.41) is 0. The van der Waals surface area contributed by atoms with E-state index >= 15 is 0 Å². The number of carbonyl (C=O) groups is 1. The molecule has 0 spiro atoms. The van der Waals surface area contributed by atoms with Crippen molar-refractivity contribution in [2.45, 2.75) is 33.5 Å². The topological polar surface area (TPSA) is 61.6 Å². The average molecular weight is 327 g/mol. The predicted octanol–water partition coefficient (Wildman–Crippen LogP) is 4.02. The molecule has 0 aliphatic heterocycles. The van der Waals surface area contributed by atoms with Gasteiger partial charge >= 0.3 is 0 Å². The summed E-state index contributed by atoms with van der Waals surface area (Å²) in [5.74, 6) is 0.673. The number of benzene rings is 2.